The number of nitrogens with zero attached hydrogens (tertiary/aromatic N) is 1. The van der Waals surface area contributed by atoms with E-state index in [9.17, 15) is 13.5 Å². The van der Waals surface area contributed by atoms with Crippen LogP contribution in [0, 0.1) is 6.92 Å². The van der Waals surface area contributed by atoms with Gasteiger partial charge in [-0.15, -0.1) is 11.3 Å². The summed E-state index contributed by atoms with van der Waals surface area (Å²) in [5.74, 6) is 0.195. The van der Waals surface area contributed by atoms with E-state index in [4.69, 9.17) is 0 Å². The summed E-state index contributed by atoms with van der Waals surface area (Å²) >= 11 is 1.39. The zero-order valence-electron chi connectivity index (χ0n) is 12.9. The van der Waals surface area contributed by atoms with Crippen LogP contribution in [0.4, 0.5) is 0 Å². The maximum atomic E-state index is 12.4. The van der Waals surface area contributed by atoms with Gasteiger partial charge in [0.1, 0.15) is 10.8 Å². The first-order valence-electron chi connectivity index (χ1n) is 7.25. The van der Waals surface area contributed by atoms with Crippen LogP contribution in [0.3, 0.4) is 0 Å². The van der Waals surface area contributed by atoms with E-state index in [2.05, 4.69) is 9.71 Å². The number of sulfonamides is 1. The number of hydrogen-bond acceptors (Lipinski definition) is 5. The third-order valence-electron chi connectivity index (χ3n) is 3.51. The van der Waals surface area contributed by atoms with Gasteiger partial charge in [0.2, 0.25) is 10.0 Å². The van der Waals surface area contributed by atoms with Crippen LogP contribution in [0.15, 0.2) is 58.8 Å². The monoisotopic (exact) mass is 360 g/mol. The predicted molar refractivity (Wildman–Crippen MR) is 94.4 cm³/mol. The van der Waals surface area contributed by atoms with Crippen molar-refractivity contribution in [2.24, 2.45) is 0 Å². The van der Waals surface area contributed by atoms with Crippen LogP contribution in [-0.4, -0.2) is 18.5 Å². The van der Waals surface area contributed by atoms with Crippen LogP contribution in [-0.2, 0) is 16.6 Å². The highest BCUT2D eigenvalue weighted by atomic mass is 32.2. The molecule has 24 heavy (non-hydrogen) atoms. The van der Waals surface area contributed by atoms with Gasteiger partial charge in [-0.25, -0.2) is 18.1 Å². The molecular formula is C17H16N2O3S2. The molecule has 3 aromatic rings. The van der Waals surface area contributed by atoms with Crippen molar-refractivity contribution in [3.05, 3.63) is 64.5 Å². The summed E-state index contributed by atoms with van der Waals surface area (Å²) in [5.41, 5.74) is 2.33. The Kier molecular flexibility index (Phi) is 4.66. The SMILES string of the molecule is Cc1ccccc1S(=O)(=O)NCc1nc(-c2ccc(O)cc2)cs1. The van der Waals surface area contributed by atoms with Gasteiger partial charge < -0.3 is 5.11 Å². The van der Waals surface area contributed by atoms with Crippen molar-refractivity contribution >= 4 is 21.4 Å². The molecule has 3 rings (SSSR count). The number of aromatic nitrogens is 1. The zero-order valence-corrected chi connectivity index (χ0v) is 14.6. The van der Waals surface area contributed by atoms with Crippen molar-refractivity contribution in [2.75, 3.05) is 0 Å². The lowest BCUT2D eigenvalue weighted by Crippen LogP contribution is -2.23. The van der Waals surface area contributed by atoms with Crippen LogP contribution in [0.1, 0.15) is 10.6 Å². The summed E-state index contributed by atoms with van der Waals surface area (Å²) < 4.78 is 27.3. The molecule has 1 aromatic heterocycles. The largest absolute Gasteiger partial charge is 0.508 e. The zero-order chi connectivity index (χ0) is 17.2. The third kappa shape index (κ3) is 3.64. The smallest absolute Gasteiger partial charge is 0.241 e. The maximum absolute atomic E-state index is 12.4. The van der Waals surface area contributed by atoms with Crippen LogP contribution >= 0.6 is 11.3 Å². The Bertz CT molecular complexity index is 948. The molecule has 0 aliphatic rings. The number of aryl methyl sites for hydroxylation is 1. The van der Waals surface area contributed by atoms with Gasteiger partial charge in [0.15, 0.2) is 0 Å². The molecule has 2 aromatic carbocycles. The molecule has 0 spiro atoms. The molecule has 124 valence electrons. The van der Waals surface area contributed by atoms with E-state index in [0.717, 1.165) is 11.3 Å². The lowest BCUT2D eigenvalue weighted by Gasteiger charge is -2.07. The Morgan fingerprint density at radius 2 is 1.83 bits per heavy atom. The first-order valence-corrected chi connectivity index (χ1v) is 9.61. The number of benzene rings is 2. The van der Waals surface area contributed by atoms with E-state index in [0.29, 0.717) is 10.6 Å². The number of rotatable bonds is 5. The van der Waals surface area contributed by atoms with Crippen LogP contribution in [0.2, 0.25) is 0 Å². The Morgan fingerprint density at radius 3 is 2.54 bits per heavy atom. The maximum Gasteiger partial charge on any atom is 0.241 e. The van der Waals surface area contributed by atoms with Gasteiger partial charge in [0.25, 0.3) is 0 Å². The van der Waals surface area contributed by atoms with Crippen molar-refractivity contribution in [1.29, 1.82) is 0 Å². The number of nitrogens with one attached hydrogen (secondary N) is 1. The van der Waals surface area contributed by atoms with E-state index in [1.807, 2.05) is 5.38 Å². The fourth-order valence-corrected chi connectivity index (χ4v) is 4.32. The lowest BCUT2D eigenvalue weighted by molar-refractivity contribution is 0.475. The highest BCUT2D eigenvalue weighted by Crippen LogP contribution is 2.24. The van der Waals surface area contributed by atoms with E-state index in [1.54, 1.807) is 55.5 Å². The van der Waals surface area contributed by atoms with Gasteiger partial charge >= 0.3 is 0 Å². The molecule has 0 atom stereocenters. The molecule has 0 unspecified atom stereocenters. The summed E-state index contributed by atoms with van der Waals surface area (Å²) in [6.45, 7) is 1.90. The molecule has 2 N–H and O–H groups in total. The molecule has 5 nitrogen and oxygen atoms in total. The number of aromatic hydroxyl groups is 1. The highest BCUT2D eigenvalue weighted by Gasteiger charge is 2.16. The van der Waals surface area contributed by atoms with Gasteiger partial charge in [-0.3, -0.25) is 0 Å². The van der Waals surface area contributed by atoms with E-state index < -0.39 is 10.0 Å². The summed E-state index contributed by atoms with van der Waals surface area (Å²) in [4.78, 5) is 4.72. The van der Waals surface area contributed by atoms with Crippen molar-refractivity contribution in [3.63, 3.8) is 0 Å². The fourth-order valence-electron chi connectivity index (χ4n) is 2.25. The summed E-state index contributed by atoms with van der Waals surface area (Å²) in [6, 6.07) is 13.6. The van der Waals surface area contributed by atoms with Crippen molar-refractivity contribution in [3.8, 4) is 17.0 Å². The molecule has 7 heteroatoms. The van der Waals surface area contributed by atoms with Crippen LogP contribution in [0.25, 0.3) is 11.3 Å². The van der Waals surface area contributed by atoms with Crippen LogP contribution < -0.4 is 4.72 Å². The van der Waals surface area contributed by atoms with Crippen molar-refractivity contribution in [1.82, 2.24) is 9.71 Å². The van der Waals surface area contributed by atoms with E-state index >= 15 is 0 Å². The molecule has 0 radical (unpaired) electrons. The van der Waals surface area contributed by atoms with Gasteiger partial charge in [0, 0.05) is 10.9 Å². The number of hydrogen-bond donors (Lipinski definition) is 2. The molecule has 0 bridgehead atoms. The minimum atomic E-state index is -3.57. The average Bonchev–Trinajstić information content (AvgIpc) is 3.03. The first-order chi connectivity index (χ1) is 11.5. The second-order valence-corrected chi connectivity index (χ2v) is 7.94. The van der Waals surface area contributed by atoms with Crippen molar-refractivity contribution < 1.29 is 13.5 Å². The normalized spacial score (nSPS) is 11.5. The molecule has 0 saturated heterocycles. The molecule has 0 amide bonds. The topological polar surface area (TPSA) is 79.3 Å². The molecule has 0 fully saturated rings. The highest BCUT2D eigenvalue weighted by molar-refractivity contribution is 7.89. The Balaban J connectivity index is 1.74. The van der Waals surface area contributed by atoms with Gasteiger partial charge in [-0.1, -0.05) is 18.2 Å². The quantitative estimate of drug-likeness (QED) is 0.732. The molecule has 1 heterocycles. The second-order valence-electron chi connectivity index (χ2n) is 5.26. The Labute approximate surface area is 144 Å². The molecular weight excluding hydrogens is 344 g/mol. The van der Waals surface area contributed by atoms with E-state index in [-0.39, 0.29) is 17.2 Å². The van der Waals surface area contributed by atoms with Crippen molar-refractivity contribution in [2.45, 2.75) is 18.4 Å². The van der Waals surface area contributed by atoms with E-state index in [1.165, 1.54) is 11.3 Å². The van der Waals surface area contributed by atoms with Crippen LogP contribution in [0.5, 0.6) is 5.75 Å². The second kappa shape index (κ2) is 6.72. The average molecular weight is 360 g/mol. The van der Waals surface area contributed by atoms with Gasteiger partial charge in [-0.05, 0) is 42.8 Å². The van der Waals surface area contributed by atoms with Gasteiger partial charge in [0.05, 0.1) is 17.1 Å². The van der Waals surface area contributed by atoms with Gasteiger partial charge in [-0.2, -0.15) is 0 Å². The number of phenolic OH excluding ortho intramolecular Hbond substituents is 1. The summed E-state index contributed by atoms with van der Waals surface area (Å²) in [6.07, 6.45) is 0. The fraction of sp³-hybridized carbons (Fsp3) is 0.118. The molecule has 0 aliphatic carbocycles. The molecule has 0 saturated carbocycles. The molecule has 0 aliphatic heterocycles. The Hall–Kier alpha value is -2.22. The number of phenols is 1. The minimum absolute atomic E-state index is 0.138. The minimum Gasteiger partial charge on any atom is -0.508 e. The standard InChI is InChI=1S/C17H16N2O3S2/c1-12-4-2-3-5-16(12)24(21,22)18-10-17-19-15(11-23-17)13-6-8-14(20)9-7-13/h2-9,11,18,20H,10H2,1H3. The predicted octanol–water partition coefficient (Wildman–Crippen LogP) is 3.30. The lowest BCUT2D eigenvalue weighted by atomic mass is 10.2. The number of thiazole rings is 1. The summed E-state index contributed by atoms with van der Waals surface area (Å²) in [5, 5.41) is 11.9. The summed E-state index contributed by atoms with van der Waals surface area (Å²) in [7, 11) is -3.57. The Morgan fingerprint density at radius 1 is 1.12 bits per heavy atom. The first kappa shape index (κ1) is 16.6. The third-order valence-corrected chi connectivity index (χ3v) is 5.92.